The number of hydrogen-bond acceptors (Lipinski definition) is 5. The Bertz CT molecular complexity index is 839. The second kappa shape index (κ2) is 7.98. The zero-order valence-corrected chi connectivity index (χ0v) is 14.5. The number of hydrogen-bond donors (Lipinski definition) is 1. The summed E-state index contributed by atoms with van der Waals surface area (Å²) in [7, 11) is 0. The van der Waals surface area contributed by atoms with Crippen LogP contribution in [0.15, 0.2) is 45.4 Å². The summed E-state index contributed by atoms with van der Waals surface area (Å²) in [5, 5.41) is 11.5. The molecule has 1 amide bonds. The van der Waals surface area contributed by atoms with Crippen molar-refractivity contribution >= 4 is 17.5 Å². The number of amides is 1. The van der Waals surface area contributed by atoms with Gasteiger partial charge in [0.15, 0.2) is 0 Å². The van der Waals surface area contributed by atoms with Crippen molar-refractivity contribution in [1.29, 1.82) is 0 Å². The standard InChI is InChI=1S/C18H18ClN3O3/c1-12-15(9-11-24-12)18-22-21-17(25-18)7-6-16(23)20-10-8-13-2-4-14(19)5-3-13/h2-5,9,11H,6-8,10H2,1H3,(H,20,23). The number of halogens is 1. The number of benzene rings is 1. The van der Waals surface area contributed by atoms with Gasteiger partial charge in [0.05, 0.1) is 11.8 Å². The molecule has 130 valence electrons. The van der Waals surface area contributed by atoms with Crippen molar-refractivity contribution in [2.45, 2.75) is 26.2 Å². The summed E-state index contributed by atoms with van der Waals surface area (Å²) in [6.07, 6.45) is 3.03. The third-order valence-electron chi connectivity index (χ3n) is 3.77. The highest BCUT2D eigenvalue weighted by Crippen LogP contribution is 2.22. The van der Waals surface area contributed by atoms with Crippen LogP contribution >= 0.6 is 11.6 Å². The Morgan fingerprint density at radius 1 is 1.16 bits per heavy atom. The van der Waals surface area contributed by atoms with Gasteiger partial charge in [-0.25, -0.2) is 0 Å². The Morgan fingerprint density at radius 2 is 1.96 bits per heavy atom. The maximum absolute atomic E-state index is 11.9. The quantitative estimate of drug-likeness (QED) is 0.697. The second-order valence-electron chi connectivity index (χ2n) is 5.62. The molecule has 0 atom stereocenters. The fourth-order valence-electron chi connectivity index (χ4n) is 2.38. The van der Waals surface area contributed by atoms with Gasteiger partial charge in [-0.05, 0) is 37.1 Å². The van der Waals surface area contributed by atoms with E-state index in [9.17, 15) is 4.79 Å². The molecular weight excluding hydrogens is 342 g/mol. The number of aryl methyl sites for hydroxylation is 2. The summed E-state index contributed by atoms with van der Waals surface area (Å²) < 4.78 is 10.8. The van der Waals surface area contributed by atoms with Gasteiger partial charge in [-0.15, -0.1) is 10.2 Å². The summed E-state index contributed by atoms with van der Waals surface area (Å²) in [6, 6.07) is 9.36. The molecule has 3 aromatic rings. The number of nitrogens with one attached hydrogen (secondary N) is 1. The van der Waals surface area contributed by atoms with E-state index >= 15 is 0 Å². The van der Waals surface area contributed by atoms with Crippen LogP contribution in [0, 0.1) is 6.92 Å². The molecule has 0 unspecified atom stereocenters. The van der Waals surface area contributed by atoms with Gasteiger partial charge in [0, 0.05) is 24.4 Å². The molecule has 3 rings (SSSR count). The van der Waals surface area contributed by atoms with Gasteiger partial charge in [0.25, 0.3) is 5.89 Å². The molecule has 1 N–H and O–H groups in total. The largest absolute Gasteiger partial charge is 0.469 e. The number of furan rings is 1. The van der Waals surface area contributed by atoms with Gasteiger partial charge in [0.1, 0.15) is 5.76 Å². The molecule has 0 fully saturated rings. The predicted octanol–water partition coefficient (Wildman–Crippen LogP) is 3.58. The highest BCUT2D eigenvalue weighted by Gasteiger charge is 2.13. The van der Waals surface area contributed by atoms with Crippen molar-refractivity contribution in [2.75, 3.05) is 6.54 Å². The topological polar surface area (TPSA) is 81.2 Å². The first-order valence-electron chi connectivity index (χ1n) is 8.00. The van der Waals surface area contributed by atoms with E-state index in [1.807, 2.05) is 31.2 Å². The number of rotatable bonds is 7. The molecule has 0 saturated carbocycles. The average Bonchev–Trinajstić information content (AvgIpc) is 3.23. The fourth-order valence-corrected chi connectivity index (χ4v) is 2.50. The first-order valence-corrected chi connectivity index (χ1v) is 8.37. The van der Waals surface area contributed by atoms with Crippen LogP contribution in [0.4, 0.5) is 0 Å². The van der Waals surface area contributed by atoms with Gasteiger partial charge in [-0.1, -0.05) is 23.7 Å². The van der Waals surface area contributed by atoms with Crippen molar-refractivity contribution in [1.82, 2.24) is 15.5 Å². The van der Waals surface area contributed by atoms with Gasteiger partial charge in [-0.2, -0.15) is 0 Å². The molecule has 7 heteroatoms. The highest BCUT2D eigenvalue weighted by atomic mass is 35.5. The Balaban J connectivity index is 1.42. The lowest BCUT2D eigenvalue weighted by molar-refractivity contribution is -0.121. The summed E-state index contributed by atoms with van der Waals surface area (Å²) in [5.41, 5.74) is 1.90. The van der Waals surface area contributed by atoms with E-state index in [-0.39, 0.29) is 5.91 Å². The first kappa shape index (κ1) is 17.2. The van der Waals surface area contributed by atoms with E-state index in [2.05, 4.69) is 15.5 Å². The molecule has 0 radical (unpaired) electrons. The number of carbonyl (C=O) groups is 1. The fraction of sp³-hybridized carbons (Fsp3) is 0.278. The van der Waals surface area contributed by atoms with Crippen LogP contribution in [-0.4, -0.2) is 22.6 Å². The number of aromatic nitrogens is 2. The molecule has 0 aliphatic heterocycles. The van der Waals surface area contributed by atoms with Crippen LogP contribution in [0.25, 0.3) is 11.5 Å². The van der Waals surface area contributed by atoms with Crippen molar-refractivity contribution < 1.29 is 13.6 Å². The van der Waals surface area contributed by atoms with Gasteiger partial charge >= 0.3 is 0 Å². The van der Waals surface area contributed by atoms with Crippen LogP contribution < -0.4 is 5.32 Å². The normalized spacial score (nSPS) is 10.8. The van der Waals surface area contributed by atoms with Crippen molar-refractivity contribution in [3.05, 3.63) is 58.8 Å². The van der Waals surface area contributed by atoms with Crippen LogP contribution in [0.2, 0.25) is 5.02 Å². The summed E-state index contributed by atoms with van der Waals surface area (Å²) in [5.74, 6) is 1.51. The first-order chi connectivity index (χ1) is 12.1. The smallest absolute Gasteiger partial charge is 0.251 e. The zero-order chi connectivity index (χ0) is 17.6. The molecule has 0 bridgehead atoms. The van der Waals surface area contributed by atoms with E-state index in [0.29, 0.717) is 36.2 Å². The van der Waals surface area contributed by atoms with Crippen LogP contribution in [0.1, 0.15) is 23.6 Å². The maximum atomic E-state index is 11.9. The van der Waals surface area contributed by atoms with E-state index in [1.165, 1.54) is 0 Å². The summed E-state index contributed by atoms with van der Waals surface area (Å²) >= 11 is 5.84. The van der Waals surface area contributed by atoms with Gasteiger partial charge in [-0.3, -0.25) is 4.79 Å². The molecular formula is C18H18ClN3O3. The maximum Gasteiger partial charge on any atom is 0.251 e. The minimum absolute atomic E-state index is 0.0480. The molecule has 2 heterocycles. The van der Waals surface area contributed by atoms with E-state index < -0.39 is 0 Å². The summed E-state index contributed by atoms with van der Waals surface area (Å²) in [4.78, 5) is 11.9. The Labute approximate surface area is 150 Å². The monoisotopic (exact) mass is 359 g/mol. The molecule has 0 aliphatic carbocycles. The van der Waals surface area contributed by atoms with Crippen LogP contribution in [-0.2, 0) is 17.6 Å². The molecule has 6 nitrogen and oxygen atoms in total. The van der Waals surface area contributed by atoms with Crippen LogP contribution in [0.3, 0.4) is 0 Å². The third-order valence-corrected chi connectivity index (χ3v) is 4.02. The van der Waals surface area contributed by atoms with Crippen LogP contribution in [0.5, 0.6) is 0 Å². The number of carbonyl (C=O) groups excluding carboxylic acids is 1. The highest BCUT2D eigenvalue weighted by molar-refractivity contribution is 6.30. The van der Waals surface area contributed by atoms with E-state index in [0.717, 1.165) is 23.3 Å². The molecule has 0 aliphatic rings. The lowest BCUT2D eigenvalue weighted by Crippen LogP contribution is -2.25. The lowest BCUT2D eigenvalue weighted by atomic mass is 10.1. The molecule has 2 aromatic heterocycles. The molecule has 1 aromatic carbocycles. The van der Waals surface area contributed by atoms with Crippen molar-refractivity contribution in [2.24, 2.45) is 0 Å². The molecule has 25 heavy (non-hydrogen) atoms. The molecule has 0 spiro atoms. The third kappa shape index (κ3) is 4.70. The minimum Gasteiger partial charge on any atom is -0.469 e. The Hall–Kier alpha value is -2.60. The van der Waals surface area contributed by atoms with Crippen molar-refractivity contribution in [3.63, 3.8) is 0 Å². The van der Waals surface area contributed by atoms with E-state index in [4.69, 9.17) is 20.4 Å². The second-order valence-corrected chi connectivity index (χ2v) is 6.05. The minimum atomic E-state index is -0.0480. The Morgan fingerprint density at radius 3 is 2.68 bits per heavy atom. The van der Waals surface area contributed by atoms with Crippen molar-refractivity contribution in [3.8, 4) is 11.5 Å². The lowest BCUT2D eigenvalue weighted by Gasteiger charge is -2.04. The predicted molar refractivity (Wildman–Crippen MR) is 93.2 cm³/mol. The van der Waals surface area contributed by atoms with E-state index in [1.54, 1.807) is 12.3 Å². The zero-order valence-electron chi connectivity index (χ0n) is 13.8. The Kier molecular flexibility index (Phi) is 5.50. The SMILES string of the molecule is Cc1occc1-c1nnc(CCC(=O)NCCc2ccc(Cl)cc2)o1. The number of nitrogens with zero attached hydrogens (tertiary/aromatic N) is 2. The summed E-state index contributed by atoms with van der Waals surface area (Å²) in [6.45, 7) is 2.40. The van der Waals surface area contributed by atoms with Gasteiger partial charge in [0.2, 0.25) is 11.8 Å². The average molecular weight is 360 g/mol. The van der Waals surface area contributed by atoms with Gasteiger partial charge < -0.3 is 14.2 Å². The molecule has 0 saturated heterocycles.